The Morgan fingerprint density at radius 2 is 2.06 bits per heavy atom. The normalized spacial score (nSPS) is 12.7. The molecule has 0 heterocycles. The van der Waals surface area contributed by atoms with E-state index in [0.29, 0.717) is 6.04 Å². The highest BCUT2D eigenvalue weighted by Crippen LogP contribution is 2.21. The number of aliphatic hydroxyl groups is 1. The zero-order valence-corrected chi connectivity index (χ0v) is 11.9. The molecule has 0 aliphatic rings. The minimum Gasteiger partial charge on any atom is -0.396 e. The van der Waals surface area contributed by atoms with Crippen LogP contribution in [0.4, 0.5) is 0 Å². The molecule has 0 radical (unpaired) electrons. The molecule has 0 fully saturated rings. The topological polar surface area (TPSA) is 32.3 Å². The van der Waals surface area contributed by atoms with Gasteiger partial charge in [-0.15, -0.1) is 11.8 Å². The van der Waals surface area contributed by atoms with Crippen LogP contribution in [0, 0.1) is 0 Å². The van der Waals surface area contributed by atoms with Crippen molar-refractivity contribution in [1.29, 1.82) is 0 Å². The maximum atomic E-state index is 8.94. The molecule has 0 spiro atoms. The molecule has 1 atom stereocenters. The Morgan fingerprint density at radius 3 is 2.62 bits per heavy atom. The zero-order chi connectivity index (χ0) is 11.8. The third kappa shape index (κ3) is 5.34. The predicted molar refractivity (Wildman–Crippen MR) is 74.0 cm³/mol. The van der Waals surface area contributed by atoms with Crippen LogP contribution < -0.4 is 5.32 Å². The Morgan fingerprint density at radius 1 is 1.38 bits per heavy atom. The summed E-state index contributed by atoms with van der Waals surface area (Å²) >= 11 is 5.24. The second-order valence-corrected chi connectivity index (χ2v) is 5.54. The molecule has 4 heteroatoms. The summed E-state index contributed by atoms with van der Waals surface area (Å²) in [5.41, 5.74) is 0. The van der Waals surface area contributed by atoms with E-state index in [9.17, 15) is 0 Å². The first kappa shape index (κ1) is 14.0. The smallest absolute Gasteiger partial charge is 0.0446 e. The molecule has 0 bridgehead atoms. The van der Waals surface area contributed by atoms with Gasteiger partial charge in [-0.3, -0.25) is 0 Å². The molecule has 2 N–H and O–H groups in total. The molecule has 16 heavy (non-hydrogen) atoms. The van der Waals surface area contributed by atoms with Gasteiger partial charge in [0.15, 0.2) is 0 Å². The predicted octanol–water partition coefficient (Wildman–Crippen LogP) is 2.90. The van der Waals surface area contributed by atoms with Crippen LogP contribution in [0.15, 0.2) is 33.6 Å². The SMILES string of the molecule is CCNC(CCO)CSc1ccc(Br)cc1. The van der Waals surface area contributed by atoms with Gasteiger partial charge >= 0.3 is 0 Å². The van der Waals surface area contributed by atoms with E-state index in [-0.39, 0.29) is 6.61 Å². The van der Waals surface area contributed by atoms with Gasteiger partial charge in [0, 0.05) is 27.8 Å². The third-order valence-corrected chi connectivity index (χ3v) is 3.94. The van der Waals surface area contributed by atoms with Crippen molar-refractivity contribution < 1.29 is 5.11 Å². The third-order valence-electron chi connectivity index (χ3n) is 2.24. The summed E-state index contributed by atoms with van der Waals surface area (Å²) < 4.78 is 1.11. The number of hydrogen-bond acceptors (Lipinski definition) is 3. The molecule has 1 aromatic rings. The summed E-state index contributed by atoms with van der Waals surface area (Å²) in [6, 6.07) is 8.71. The average Bonchev–Trinajstić information content (AvgIpc) is 2.29. The fourth-order valence-corrected chi connectivity index (χ4v) is 2.69. The first-order valence-electron chi connectivity index (χ1n) is 5.49. The molecule has 0 aromatic heterocycles. The Kier molecular flexibility index (Phi) is 7.12. The second-order valence-electron chi connectivity index (χ2n) is 3.53. The molecule has 1 unspecified atom stereocenters. The van der Waals surface area contributed by atoms with E-state index in [2.05, 4.69) is 52.4 Å². The molecule has 0 saturated heterocycles. The van der Waals surface area contributed by atoms with Gasteiger partial charge < -0.3 is 10.4 Å². The molecular formula is C12H18BrNOS. The highest BCUT2D eigenvalue weighted by molar-refractivity contribution is 9.10. The first-order valence-corrected chi connectivity index (χ1v) is 7.26. The minimum atomic E-state index is 0.249. The lowest BCUT2D eigenvalue weighted by Gasteiger charge is -2.16. The number of aliphatic hydroxyl groups excluding tert-OH is 1. The van der Waals surface area contributed by atoms with E-state index in [0.717, 1.165) is 23.2 Å². The van der Waals surface area contributed by atoms with Gasteiger partial charge in [0.2, 0.25) is 0 Å². The number of thioether (sulfide) groups is 1. The molecule has 1 aromatic carbocycles. The standard InChI is InChI=1S/C12H18BrNOS/c1-2-14-11(7-8-15)9-16-12-5-3-10(13)4-6-12/h3-6,11,14-15H,2,7-9H2,1H3. The van der Waals surface area contributed by atoms with Gasteiger partial charge in [-0.25, -0.2) is 0 Å². The highest BCUT2D eigenvalue weighted by Gasteiger charge is 2.06. The molecule has 0 aliphatic heterocycles. The van der Waals surface area contributed by atoms with Crippen LogP contribution in [-0.2, 0) is 0 Å². The van der Waals surface area contributed by atoms with Crippen LogP contribution in [0.25, 0.3) is 0 Å². The number of hydrogen-bond donors (Lipinski definition) is 2. The molecule has 0 saturated carbocycles. The first-order chi connectivity index (χ1) is 7.76. The van der Waals surface area contributed by atoms with Gasteiger partial charge in [0.1, 0.15) is 0 Å². The van der Waals surface area contributed by atoms with Crippen LogP contribution in [0.1, 0.15) is 13.3 Å². The van der Waals surface area contributed by atoms with Crippen molar-refractivity contribution in [2.24, 2.45) is 0 Å². The summed E-state index contributed by atoms with van der Waals surface area (Å²) in [6.07, 6.45) is 0.817. The lowest BCUT2D eigenvalue weighted by Crippen LogP contribution is -2.31. The van der Waals surface area contributed by atoms with E-state index in [1.807, 2.05) is 11.8 Å². The van der Waals surface area contributed by atoms with Crippen LogP contribution >= 0.6 is 27.7 Å². The van der Waals surface area contributed by atoms with E-state index >= 15 is 0 Å². The second kappa shape index (κ2) is 8.12. The summed E-state index contributed by atoms with van der Waals surface area (Å²) in [5.74, 6) is 0.996. The van der Waals surface area contributed by atoms with Crippen molar-refractivity contribution in [3.8, 4) is 0 Å². The Balaban J connectivity index is 2.38. The fourth-order valence-electron chi connectivity index (χ4n) is 1.42. The van der Waals surface area contributed by atoms with Crippen LogP contribution in [0.2, 0.25) is 0 Å². The van der Waals surface area contributed by atoms with Gasteiger partial charge in [-0.1, -0.05) is 22.9 Å². The van der Waals surface area contributed by atoms with Crippen molar-refractivity contribution >= 4 is 27.7 Å². The van der Waals surface area contributed by atoms with E-state index in [1.165, 1.54) is 4.90 Å². The molecule has 0 aliphatic carbocycles. The summed E-state index contributed by atoms with van der Waals surface area (Å²) in [5, 5.41) is 12.3. The maximum Gasteiger partial charge on any atom is 0.0446 e. The summed E-state index contributed by atoms with van der Waals surface area (Å²) in [7, 11) is 0. The van der Waals surface area contributed by atoms with Crippen LogP contribution in [-0.4, -0.2) is 30.1 Å². The highest BCUT2D eigenvalue weighted by atomic mass is 79.9. The van der Waals surface area contributed by atoms with Gasteiger partial charge in [0.05, 0.1) is 0 Å². The van der Waals surface area contributed by atoms with Crippen molar-refractivity contribution in [2.45, 2.75) is 24.3 Å². The number of halogens is 1. The van der Waals surface area contributed by atoms with Crippen molar-refractivity contribution in [2.75, 3.05) is 18.9 Å². The zero-order valence-electron chi connectivity index (χ0n) is 9.45. The molecule has 2 nitrogen and oxygen atoms in total. The Labute approximate surface area is 110 Å². The average molecular weight is 304 g/mol. The minimum absolute atomic E-state index is 0.249. The van der Waals surface area contributed by atoms with E-state index in [4.69, 9.17) is 5.11 Å². The lowest BCUT2D eigenvalue weighted by atomic mass is 10.2. The van der Waals surface area contributed by atoms with Crippen molar-refractivity contribution in [3.05, 3.63) is 28.7 Å². The van der Waals surface area contributed by atoms with Gasteiger partial charge in [-0.2, -0.15) is 0 Å². The Bertz CT molecular complexity index is 286. The molecular weight excluding hydrogens is 286 g/mol. The number of rotatable bonds is 7. The Hall–Kier alpha value is -0.0300. The summed E-state index contributed by atoms with van der Waals surface area (Å²) in [6.45, 7) is 3.29. The van der Waals surface area contributed by atoms with Crippen molar-refractivity contribution in [1.82, 2.24) is 5.32 Å². The fraction of sp³-hybridized carbons (Fsp3) is 0.500. The van der Waals surface area contributed by atoms with Gasteiger partial charge in [0.25, 0.3) is 0 Å². The summed E-state index contributed by atoms with van der Waals surface area (Å²) in [4.78, 5) is 1.27. The van der Waals surface area contributed by atoms with E-state index in [1.54, 1.807) is 0 Å². The van der Waals surface area contributed by atoms with Crippen LogP contribution in [0.5, 0.6) is 0 Å². The van der Waals surface area contributed by atoms with Gasteiger partial charge in [-0.05, 0) is 37.2 Å². The molecule has 0 amide bonds. The number of benzene rings is 1. The maximum absolute atomic E-state index is 8.94. The van der Waals surface area contributed by atoms with E-state index < -0.39 is 0 Å². The quantitative estimate of drug-likeness (QED) is 0.760. The monoisotopic (exact) mass is 303 g/mol. The number of nitrogens with one attached hydrogen (secondary N) is 1. The molecule has 90 valence electrons. The van der Waals surface area contributed by atoms with Crippen LogP contribution in [0.3, 0.4) is 0 Å². The van der Waals surface area contributed by atoms with Crippen molar-refractivity contribution in [3.63, 3.8) is 0 Å². The lowest BCUT2D eigenvalue weighted by molar-refractivity contribution is 0.271. The molecule has 1 rings (SSSR count). The largest absolute Gasteiger partial charge is 0.396 e.